The molecule has 1 aliphatic rings. The number of hydrogen-bond acceptors (Lipinski definition) is 3. The number of anilines is 2. The number of carbonyl (C=O) groups excluding carboxylic acids is 2. The maximum Gasteiger partial charge on any atom is 0.265 e. The number of ether oxygens (including phenoxy) is 1. The summed E-state index contributed by atoms with van der Waals surface area (Å²) < 4.78 is 5.50. The first-order valence-corrected chi connectivity index (χ1v) is 7.90. The Labute approximate surface area is 141 Å². The standard InChI is InChI=1S/C19H20N2O3/c1-11-4-5-14(8-12(11)2)9-18(22)20-15-6-7-17-16(10-15)21-19(23)13(3)24-17/h4-8,10,13H,9H2,1-3H3,(H,20,22)(H,21,23)/t13-/m0/s1. The highest BCUT2D eigenvalue weighted by Gasteiger charge is 2.23. The third-order valence-corrected chi connectivity index (χ3v) is 4.13. The Hall–Kier alpha value is -2.82. The molecule has 3 rings (SSSR count). The van der Waals surface area contributed by atoms with E-state index in [0.717, 1.165) is 5.56 Å². The molecule has 1 aliphatic heterocycles. The molecule has 24 heavy (non-hydrogen) atoms. The van der Waals surface area contributed by atoms with Crippen LogP contribution in [0, 0.1) is 13.8 Å². The van der Waals surface area contributed by atoms with E-state index in [-0.39, 0.29) is 11.8 Å². The van der Waals surface area contributed by atoms with E-state index in [1.165, 1.54) is 11.1 Å². The lowest BCUT2D eigenvalue weighted by atomic mass is 10.0. The summed E-state index contributed by atoms with van der Waals surface area (Å²) in [6, 6.07) is 11.2. The van der Waals surface area contributed by atoms with E-state index in [9.17, 15) is 9.59 Å². The van der Waals surface area contributed by atoms with Gasteiger partial charge in [0.2, 0.25) is 5.91 Å². The van der Waals surface area contributed by atoms with Gasteiger partial charge >= 0.3 is 0 Å². The monoisotopic (exact) mass is 324 g/mol. The van der Waals surface area contributed by atoms with Crippen molar-refractivity contribution in [2.75, 3.05) is 10.6 Å². The van der Waals surface area contributed by atoms with Crippen molar-refractivity contribution in [2.45, 2.75) is 33.3 Å². The molecule has 0 spiro atoms. The predicted octanol–water partition coefficient (Wildman–Crippen LogP) is 3.20. The van der Waals surface area contributed by atoms with Crippen molar-refractivity contribution in [3.8, 4) is 5.75 Å². The Bertz CT molecular complexity index is 814. The summed E-state index contributed by atoms with van der Waals surface area (Å²) >= 11 is 0. The molecular formula is C19H20N2O3. The number of nitrogens with one attached hydrogen (secondary N) is 2. The van der Waals surface area contributed by atoms with Crippen LogP contribution in [0.25, 0.3) is 0 Å². The summed E-state index contributed by atoms with van der Waals surface area (Å²) in [5, 5.41) is 5.63. The molecule has 2 aromatic rings. The molecule has 5 nitrogen and oxygen atoms in total. The van der Waals surface area contributed by atoms with Crippen molar-refractivity contribution in [1.82, 2.24) is 0 Å². The van der Waals surface area contributed by atoms with Crippen LogP contribution >= 0.6 is 0 Å². The van der Waals surface area contributed by atoms with E-state index in [1.54, 1.807) is 25.1 Å². The van der Waals surface area contributed by atoms with Gasteiger partial charge in [0.15, 0.2) is 6.10 Å². The number of aryl methyl sites for hydroxylation is 2. The maximum absolute atomic E-state index is 12.2. The smallest absolute Gasteiger partial charge is 0.265 e. The van der Waals surface area contributed by atoms with Gasteiger partial charge in [0, 0.05) is 5.69 Å². The van der Waals surface area contributed by atoms with Gasteiger partial charge in [0.05, 0.1) is 12.1 Å². The van der Waals surface area contributed by atoms with Gasteiger partial charge in [-0.2, -0.15) is 0 Å². The van der Waals surface area contributed by atoms with Gasteiger partial charge in [0.1, 0.15) is 5.75 Å². The van der Waals surface area contributed by atoms with E-state index in [0.29, 0.717) is 23.5 Å². The molecule has 0 saturated heterocycles. The van der Waals surface area contributed by atoms with Gasteiger partial charge in [0.25, 0.3) is 5.91 Å². The molecule has 1 atom stereocenters. The first kappa shape index (κ1) is 16.1. The third-order valence-electron chi connectivity index (χ3n) is 4.13. The molecule has 0 aliphatic carbocycles. The summed E-state index contributed by atoms with van der Waals surface area (Å²) in [5.41, 5.74) is 4.55. The molecule has 0 bridgehead atoms. The van der Waals surface area contributed by atoms with E-state index >= 15 is 0 Å². The summed E-state index contributed by atoms with van der Waals surface area (Å²) in [5.74, 6) is 0.310. The van der Waals surface area contributed by atoms with Crippen molar-refractivity contribution >= 4 is 23.2 Å². The summed E-state index contributed by atoms with van der Waals surface area (Å²) in [4.78, 5) is 23.9. The van der Waals surface area contributed by atoms with Crippen LogP contribution in [0.3, 0.4) is 0 Å². The Morgan fingerprint density at radius 2 is 1.96 bits per heavy atom. The average molecular weight is 324 g/mol. The molecule has 0 saturated carbocycles. The Balaban J connectivity index is 1.69. The average Bonchev–Trinajstić information content (AvgIpc) is 2.52. The highest BCUT2D eigenvalue weighted by Crippen LogP contribution is 2.32. The van der Waals surface area contributed by atoms with Crippen LogP contribution in [0.5, 0.6) is 5.75 Å². The molecule has 124 valence electrons. The molecule has 0 radical (unpaired) electrons. The molecule has 0 unspecified atom stereocenters. The minimum absolute atomic E-state index is 0.102. The van der Waals surface area contributed by atoms with E-state index < -0.39 is 6.10 Å². The SMILES string of the molecule is Cc1ccc(CC(=O)Nc2ccc3c(c2)NC(=O)[C@H](C)O3)cc1C. The predicted molar refractivity (Wildman–Crippen MR) is 93.4 cm³/mol. The Morgan fingerprint density at radius 3 is 2.71 bits per heavy atom. The second kappa shape index (κ2) is 6.35. The van der Waals surface area contributed by atoms with Crippen molar-refractivity contribution in [1.29, 1.82) is 0 Å². The summed E-state index contributed by atoms with van der Waals surface area (Å²) in [7, 11) is 0. The van der Waals surface area contributed by atoms with E-state index in [4.69, 9.17) is 4.74 Å². The van der Waals surface area contributed by atoms with Crippen LogP contribution in [-0.4, -0.2) is 17.9 Å². The van der Waals surface area contributed by atoms with Crippen LogP contribution in [0.15, 0.2) is 36.4 Å². The zero-order valence-electron chi connectivity index (χ0n) is 14.0. The van der Waals surface area contributed by atoms with Crippen molar-refractivity contribution in [3.05, 3.63) is 53.1 Å². The molecule has 0 aromatic heterocycles. The zero-order chi connectivity index (χ0) is 17.3. The normalized spacial score (nSPS) is 16.0. The molecular weight excluding hydrogens is 304 g/mol. The van der Waals surface area contributed by atoms with Crippen molar-refractivity contribution in [2.24, 2.45) is 0 Å². The molecule has 2 N–H and O–H groups in total. The Morgan fingerprint density at radius 1 is 1.17 bits per heavy atom. The van der Waals surface area contributed by atoms with E-state index in [1.807, 2.05) is 32.0 Å². The van der Waals surface area contributed by atoms with Gasteiger partial charge in [-0.15, -0.1) is 0 Å². The molecule has 1 heterocycles. The van der Waals surface area contributed by atoms with Crippen LogP contribution in [0.1, 0.15) is 23.6 Å². The summed E-state index contributed by atoms with van der Waals surface area (Å²) in [6.07, 6.45) is -0.208. The van der Waals surface area contributed by atoms with Crippen LogP contribution < -0.4 is 15.4 Å². The van der Waals surface area contributed by atoms with Crippen LogP contribution in [0.2, 0.25) is 0 Å². The topological polar surface area (TPSA) is 67.4 Å². The third kappa shape index (κ3) is 3.40. The highest BCUT2D eigenvalue weighted by atomic mass is 16.5. The second-order valence-electron chi connectivity index (χ2n) is 6.10. The lowest BCUT2D eigenvalue weighted by molar-refractivity contribution is -0.122. The van der Waals surface area contributed by atoms with Crippen molar-refractivity contribution in [3.63, 3.8) is 0 Å². The van der Waals surface area contributed by atoms with E-state index in [2.05, 4.69) is 10.6 Å². The first-order chi connectivity index (χ1) is 11.4. The van der Waals surface area contributed by atoms with Gasteiger partial charge in [-0.1, -0.05) is 18.2 Å². The number of amides is 2. The quantitative estimate of drug-likeness (QED) is 0.911. The van der Waals surface area contributed by atoms with Crippen molar-refractivity contribution < 1.29 is 14.3 Å². The van der Waals surface area contributed by atoms with Crippen LogP contribution in [-0.2, 0) is 16.0 Å². The highest BCUT2D eigenvalue weighted by molar-refractivity contribution is 5.99. The molecule has 0 fully saturated rings. The lowest BCUT2D eigenvalue weighted by Crippen LogP contribution is -2.34. The molecule has 5 heteroatoms. The second-order valence-corrected chi connectivity index (χ2v) is 6.10. The first-order valence-electron chi connectivity index (χ1n) is 7.90. The fraction of sp³-hybridized carbons (Fsp3) is 0.263. The zero-order valence-corrected chi connectivity index (χ0v) is 14.0. The fourth-order valence-electron chi connectivity index (χ4n) is 2.59. The number of rotatable bonds is 3. The lowest BCUT2D eigenvalue weighted by Gasteiger charge is -2.23. The molecule has 2 aromatic carbocycles. The van der Waals surface area contributed by atoms with Crippen LogP contribution in [0.4, 0.5) is 11.4 Å². The fourth-order valence-corrected chi connectivity index (χ4v) is 2.59. The minimum atomic E-state index is -0.511. The minimum Gasteiger partial charge on any atom is -0.479 e. The number of carbonyl (C=O) groups is 2. The number of benzene rings is 2. The van der Waals surface area contributed by atoms with Gasteiger partial charge in [-0.05, 0) is 55.7 Å². The number of hydrogen-bond donors (Lipinski definition) is 2. The van der Waals surface area contributed by atoms with Gasteiger partial charge in [-0.3, -0.25) is 9.59 Å². The largest absolute Gasteiger partial charge is 0.479 e. The Kier molecular flexibility index (Phi) is 4.25. The van der Waals surface area contributed by atoms with Gasteiger partial charge in [-0.25, -0.2) is 0 Å². The number of fused-ring (bicyclic) bond motifs is 1. The summed E-state index contributed by atoms with van der Waals surface area (Å²) in [6.45, 7) is 5.77. The van der Waals surface area contributed by atoms with Gasteiger partial charge < -0.3 is 15.4 Å². The maximum atomic E-state index is 12.2. The molecule has 2 amide bonds.